The van der Waals surface area contributed by atoms with E-state index in [4.69, 9.17) is 9.47 Å². The minimum Gasteiger partial charge on any atom is -0.481 e. The maximum Gasteiger partial charge on any atom is 0.307 e. The van der Waals surface area contributed by atoms with Gasteiger partial charge in [0, 0.05) is 0 Å². The van der Waals surface area contributed by atoms with Crippen LogP contribution in [0, 0.1) is 17.7 Å². The first-order valence-corrected chi connectivity index (χ1v) is 10.5. The zero-order valence-electron chi connectivity index (χ0n) is 17.8. The van der Waals surface area contributed by atoms with Gasteiger partial charge in [0.05, 0.1) is 31.4 Å². The first kappa shape index (κ1) is 23.2. The summed E-state index contributed by atoms with van der Waals surface area (Å²) in [5.74, 6) is -3.70. The zero-order chi connectivity index (χ0) is 23.1. The fraction of sp³-hybridized carbons (Fsp3) is 0.375. The molecule has 2 aromatic rings. The maximum absolute atomic E-state index is 14.4. The van der Waals surface area contributed by atoms with Gasteiger partial charge in [-0.25, -0.2) is 4.39 Å². The summed E-state index contributed by atoms with van der Waals surface area (Å²) in [6.45, 7) is 0. The molecular formula is C24H26FNO6. The Morgan fingerprint density at radius 2 is 1.78 bits per heavy atom. The van der Waals surface area contributed by atoms with Gasteiger partial charge in [0.15, 0.2) is 11.6 Å². The van der Waals surface area contributed by atoms with Crippen LogP contribution in [-0.2, 0) is 19.1 Å². The van der Waals surface area contributed by atoms with E-state index in [1.54, 1.807) is 30.3 Å². The number of carbonyl (C=O) groups is 3. The molecule has 1 aliphatic carbocycles. The molecule has 0 radical (unpaired) electrons. The van der Waals surface area contributed by atoms with Gasteiger partial charge in [0.1, 0.15) is 5.75 Å². The third-order valence-corrected chi connectivity index (χ3v) is 5.66. The number of hydrogen-bond donors (Lipinski definition) is 2. The van der Waals surface area contributed by atoms with Crippen molar-refractivity contribution in [2.24, 2.45) is 11.8 Å². The Bertz CT molecular complexity index is 964. The molecule has 1 amide bonds. The van der Waals surface area contributed by atoms with Crippen LogP contribution in [0.5, 0.6) is 11.5 Å². The van der Waals surface area contributed by atoms with Crippen LogP contribution in [0.3, 0.4) is 0 Å². The molecule has 0 spiro atoms. The second-order valence-electron chi connectivity index (χ2n) is 7.78. The van der Waals surface area contributed by atoms with Crippen LogP contribution in [0.4, 0.5) is 4.39 Å². The van der Waals surface area contributed by atoms with Gasteiger partial charge in [-0.1, -0.05) is 37.1 Å². The van der Waals surface area contributed by atoms with E-state index in [2.05, 4.69) is 5.32 Å². The highest BCUT2D eigenvalue weighted by atomic mass is 19.1. The molecule has 1 fully saturated rings. The number of amides is 1. The first-order valence-electron chi connectivity index (χ1n) is 10.5. The van der Waals surface area contributed by atoms with Crippen LogP contribution < -0.4 is 10.1 Å². The number of carbonyl (C=O) groups excluding carboxylic acids is 2. The lowest BCUT2D eigenvalue weighted by Gasteiger charge is -2.29. The number of nitrogens with one attached hydrogen (secondary N) is 1. The van der Waals surface area contributed by atoms with Gasteiger partial charge in [-0.05, 0) is 42.7 Å². The SMILES string of the molecule is COC(=O)CC(NC(=O)C1CCCCC1C(=O)O)c1ccc(F)c(Oc2ccccc2)c1. The number of benzene rings is 2. The lowest BCUT2D eigenvalue weighted by Crippen LogP contribution is -2.41. The number of carboxylic acid groups (broad SMARTS) is 1. The second-order valence-corrected chi connectivity index (χ2v) is 7.78. The largest absolute Gasteiger partial charge is 0.481 e. The Kier molecular flexibility index (Phi) is 7.81. The summed E-state index contributed by atoms with van der Waals surface area (Å²) in [6.07, 6.45) is 2.21. The lowest BCUT2D eigenvalue weighted by atomic mass is 9.78. The third-order valence-electron chi connectivity index (χ3n) is 5.66. The molecule has 3 atom stereocenters. The molecule has 2 aromatic carbocycles. The highest BCUT2D eigenvalue weighted by Gasteiger charge is 2.36. The fourth-order valence-electron chi connectivity index (χ4n) is 3.95. The fourth-order valence-corrected chi connectivity index (χ4v) is 3.95. The molecular weight excluding hydrogens is 417 g/mol. The summed E-state index contributed by atoms with van der Waals surface area (Å²) in [5, 5.41) is 12.3. The van der Waals surface area contributed by atoms with Crippen molar-refractivity contribution in [2.45, 2.75) is 38.1 Å². The van der Waals surface area contributed by atoms with E-state index < -0.39 is 41.5 Å². The van der Waals surface area contributed by atoms with Crippen molar-refractivity contribution in [3.63, 3.8) is 0 Å². The Morgan fingerprint density at radius 1 is 1.09 bits per heavy atom. The van der Waals surface area contributed by atoms with Crippen molar-refractivity contribution >= 4 is 17.8 Å². The Labute approximate surface area is 185 Å². The maximum atomic E-state index is 14.4. The van der Waals surface area contributed by atoms with Crippen molar-refractivity contribution in [3.05, 3.63) is 59.9 Å². The number of methoxy groups -OCH3 is 1. The van der Waals surface area contributed by atoms with Gasteiger partial charge in [0.25, 0.3) is 0 Å². The molecule has 0 bridgehead atoms. The molecule has 32 heavy (non-hydrogen) atoms. The van der Waals surface area contributed by atoms with Gasteiger partial charge >= 0.3 is 11.9 Å². The van der Waals surface area contributed by atoms with Gasteiger partial charge in [0.2, 0.25) is 5.91 Å². The molecule has 0 heterocycles. The van der Waals surface area contributed by atoms with Crippen molar-refractivity contribution in [3.8, 4) is 11.5 Å². The van der Waals surface area contributed by atoms with E-state index in [1.807, 2.05) is 0 Å². The number of para-hydroxylation sites is 1. The van der Waals surface area contributed by atoms with Gasteiger partial charge < -0.3 is 19.9 Å². The number of ether oxygens (including phenoxy) is 2. The monoisotopic (exact) mass is 443 g/mol. The van der Waals surface area contributed by atoms with Gasteiger partial charge in [-0.15, -0.1) is 0 Å². The Morgan fingerprint density at radius 3 is 2.44 bits per heavy atom. The predicted molar refractivity (Wildman–Crippen MR) is 114 cm³/mol. The molecule has 0 aliphatic heterocycles. The number of carboxylic acids is 1. The summed E-state index contributed by atoms with van der Waals surface area (Å²) in [6, 6.07) is 11.9. The van der Waals surface area contributed by atoms with Crippen molar-refractivity contribution in [1.82, 2.24) is 5.32 Å². The van der Waals surface area contributed by atoms with Gasteiger partial charge in [-0.3, -0.25) is 14.4 Å². The second kappa shape index (κ2) is 10.7. The summed E-state index contributed by atoms with van der Waals surface area (Å²) >= 11 is 0. The summed E-state index contributed by atoms with van der Waals surface area (Å²) < 4.78 is 24.7. The average Bonchev–Trinajstić information content (AvgIpc) is 2.80. The molecule has 7 nitrogen and oxygen atoms in total. The van der Waals surface area contributed by atoms with Crippen LogP contribution in [0.25, 0.3) is 0 Å². The Hall–Kier alpha value is -3.42. The molecule has 3 rings (SSSR count). The lowest BCUT2D eigenvalue weighted by molar-refractivity contribution is -0.149. The standard InChI is InChI=1S/C24H26FNO6/c1-31-22(27)14-20(26-23(28)17-9-5-6-10-18(17)24(29)30)15-11-12-19(25)21(13-15)32-16-7-3-2-4-8-16/h2-4,7-8,11-13,17-18,20H,5-6,9-10,14H2,1H3,(H,26,28)(H,29,30). The zero-order valence-corrected chi connectivity index (χ0v) is 17.8. The quantitative estimate of drug-likeness (QED) is 0.592. The molecule has 8 heteroatoms. The molecule has 1 aliphatic rings. The van der Waals surface area contributed by atoms with E-state index >= 15 is 0 Å². The van der Waals surface area contributed by atoms with Crippen LogP contribution in [-0.4, -0.2) is 30.1 Å². The summed E-state index contributed by atoms with van der Waals surface area (Å²) in [4.78, 5) is 36.6. The third kappa shape index (κ3) is 5.84. The minimum atomic E-state index is -1.00. The van der Waals surface area contributed by atoms with E-state index in [1.165, 1.54) is 25.3 Å². The normalized spacial score (nSPS) is 18.9. The summed E-state index contributed by atoms with van der Waals surface area (Å²) in [5.41, 5.74) is 0.443. The topological polar surface area (TPSA) is 102 Å². The van der Waals surface area contributed by atoms with E-state index in [0.29, 0.717) is 24.2 Å². The van der Waals surface area contributed by atoms with Crippen molar-refractivity contribution in [2.75, 3.05) is 7.11 Å². The van der Waals surface area contributed by atoms with Crippen LogP contribution >= 0.6 is 0 Å². The highest BCUT2D eigenvalue weighted by Crippen LogP contribution is 2.33. The number of halogens is 1. The number of hydrogen-bond acceptors (Lipinski definition) is 5. The summed E-state index contributed by atoms with van der Waals surface area (Å²) in [7, 11) is 1.23. The molecule has 170 valence electrons. The molecule has 2 N–H and O–H groups in total. The van der Waals surface area contributed by atoms with Crippen molar-refractivity contribution in [1.29, 1.82) is 0 Å². The number of esters is 1. The van der Waals surface area contributed by atoms with Crippen LogP contribution in [0.1, 0.15) is 43.7 Å². The van der Waals surface area contributed by atoms with Crippen LogP contribution in [0.15, 0.2) is 48.5 Å². The molecule has 3 unspecified atom stereocenters. The van der Waals surface area contributed by atoms with E-state index in [9.17, 15) is 23.9 Å². The number of rotatable bonds is 8. The minimum absolute atomic E-state index is 0.0566. The van der Waals surface area contributed by atoms with Crippen molar-refractivity contribution < 1.29 is 33.4 Å². The Balaban J connectivity index is 1.85. The van der Waals surface area contributed by atoms with Crippen LogP contribution in [0.2, 0.25) is 0 Å². The van der Waals surface area contributed by atoms with Gasteiger partial charge in [-0.2, -0.15) is 0 Å². The molecule has 0 saturated heterocycles. The predicted octanol–water partition coefficient (Wildman–Crippen LogP) is 4.23. The smallest absolute Gasteiger partial charge is 0.307 e. The van der Waals surface area contributed by atoms with E-state index in [-0.39, 0.29) is 12.2 Å². The molecule has 0 aromatic heterocycles. The number of aliphatic carboxylic acids is 1. The van der Waals surface area contributed by atoms with E-state index in [0.717, 1.165) is 12.8 Å². The highest BCUT2D eigenvalue weighted by molar-refractivity contribution is 5.85. The first-order chi connectivity index (χ1) is 15.4. The average molecular weight is 443 g/mol. The molecule has 1 saturated carbocycles.